The minimum Gasteiger partial charge on any atom is -0.508 e. The number of likely N-dealkylation sites (tertiary alicyclic amines) is 1. The Kier molecular flexibility index (Phi) is 13.0. The highest BCUT2D eigenvalue weighted by Crippen LogP contribution is 2.32. The summed E-state index contributed by atoms with van der Waals surface area (Å²) >= 11 is 0. The van der Waals surface area contributed by atoms with Crippen LogP contribution in [0.15, 0.2) is 110 Å². The fraction of sp³-hybridized carbons (Fsp3) is 0.354. The SMILES string of the molecule is C=CCN1CC(=O)N2C(Cc3ccc(O)cc3)C(=O)N(Cc3cccc4c(C(=O)Nc5ccc(NCCN6CCCCC6)nc5)cn(C)c34)CC2N1C(=O)CCc1ccccc1. The molecule has 8 rings (SSSR count). The van der Waals surface area contributed by atoms with Crippen LogP contribution in [-0.2, 0) is 40.8 Å². The van der Waals surface area contributed by atoms with Crippen molar-refractivity contribution in [3.05, 3.63) is 132 Å². The van der Waals surface area contributed by atoms with Gasteiger partial charge in [0.2, 0.25) is 17.7 Å². The monoisotopic (exact) mass is 837 g/mol. The van der Waals surface area contributed by atoms with Crippen molar-refractivity contribution >= 4 is 46.0 Å². The predicted octanol–water partition coefficient (Wildman–Crippen LogP) is 5.42. The molecule has 0 saturated carbocycles. The lowest BCUT2D eigenvalue weighted by atomic mass is 9.97. The van der Waals surface area contributed by atoms with Crippen molar-refractivity contribution in [3.8, 4) is 5.75 Å². The minimum absolute atomic E-state index is 0.0750. The molecule has 2 unspecified atom stereocenters. The Morgan fingerprint density at radius 1 is 0.935 bits per heavy atom. The molecule has 5 heterocycles. The number of carbonyl (C=O) groups is 4. The Bertz CT molecular complexity index is 2400. The number of phenolic OH excluding ortho intramolecular Hbond substituents is 1. The van der Waals surface area contributed by atoms with E-state index >= 15 is 0 Å². The van der Waals surface area contributed by atoms with Crippen LogP contribution in [0.25, 0.3) is 10.9 Å². The van der Waals surface area contributed by atoms with Gasteiger partial charge < -0.3 is 35.0 Å². The number of amides is 4. The van der Waals surface area contributed by atoms with E-state index in [1.807, 2.05) is 72.3 Å². The van der Waals surface area contributed by atoms with E-state index in [1.54, 1.807) is 62.6 Å². The number of nitrogens with zero attached hydrogens (tertiary/aromatic N) is 7. The number of piperazine rings is 1. The topological polar surface area (TPSA) is 147 Å². The number of carbonyl (C=O) groups excluding carboxylic acids is 4. The first-order valence-electron chi connectivity index (χ1n) is 21.6. The molecule has 0 bridgehead atoms. The van der Waals surface area contributed by atoms with Crippen molar-refractivity contribution in [1.82, 2.24) is 34.3 Å². The molecule has 2 atom stereocenters. The summed E-state index contributed by atoms with van der Waals surface area (Å²) in [6, 6.07) is 24.9. The van der Waals surface area contributed by atoms with Gasteiger partial charge in [0, 0.05) is 57.7 Å². The molecule has 14 nitrogen and oxygen atoms in total. The van der Waals surface area contributed by atoms with Crippen LogP contribution >= 0.6 is 0 Å². The predicted molar refractivity (Wildman–Crippen MR) is 239 cm³/mol. The standard InChI is InChI=1S/C48H55N9O5/c1-3-24-55-33-45(60)56-41(28-35-15-19-38(58)20-16-35)48(62)54(32-43(56)57(55)44(59)22-17-34-11-6-4-7-12-34)30-36-13-10-14-39-40(31-52(2)46(36)39)47(61)51-37-18-21-42(50-29-37)49-23-27-53-25-8-5-9-26-53/h3-4,6-7,10-16,18-21,29,31,41,43,58H,1,5,8-9,17,22-28,30,32-33H2,2H3,(H,49,50)(H,51,61). The number of hydrogen-bond donors (Lipinski definition) is 3. The van der Waals surface area contributed by atoms with Crippen molar-refractivity contribution in [2.45, 2.75) is 57.3 Å². The number of nitrogens with one attached hydrogen (secondary N) is 2. The van der Waals surface area contributed by atoms with Crippen molar-refractivity contribution < 1.29 is 24.3 Å². The molecule has 3 aliphatic rings. The Morgan fingerprint density at radius 3 is 2.47 bits per heavy atom. The summed E-state index contributed by atoms with van der Waals surface area (Å²) in [6.07, 6.45) is 9.06. The summed E-state index contributed by atoms with van der Waals surface area (Å²) in [4.78, 5) is 67.3. The van der Waals surface area contributed by atoms with E-state index in [1.165, 1.54) is 19.3 Å². The summed E-state index contributed by atoms with van der Waals surface area (Å²) in [5.74, 6) is -0.109. The quantitative estimate of drug-likeness (QED) is 0.118. The molecular weight excluding hydrogens is 783 g/mol. The van der Waals surface area contributed by atoms with Gasteiger partial charge in [-0.2, -0.15) is 0 Å². The van der Waals surface area contributed by atoms with Gasteiger partial charge in [-0.05, 0) is 73.3 Å². The van der Waals surface area contributed by atoms with Crippen LogP contribution in [0.1, 0.15) is 52.7 Å². The number of fused-ring (bicyclic) bond motifs is 2. The van der Waals surface area contributed by atoms with Gasteiger partial charge in [-0.15, -0.1) is 6.58 Å². The van der Waals surface area contributed by atoms with Crippen molar-refractivity contribution in [3.63, 3.8) is 0 Å². The number of hydrogen-bond acceptors (Lipinski definition) is 9. The lowest BCUT2D eigenvalue weighted by Gasteiger charge is -2.55. The van der Waals surface area contributed by atoms with Gasteiger partial charge in [0.15, 0.2) is 0 Å². The second kappa shape index (κ2) is 19.0. The molecule has 3 aliphatic heterocycles. The summed E-state index contributed by atoms with van der Waals surface area (Å²) in [5.41, 5.74) is 4.43. The smallest absolute Gasteiger partial charge is 0.257 e. The van der Waals surface area contributed by atoms with Crippen LogP contribution in [0.4, 0.5) is 11.5 Å². The summed E-state index contributed by atoms with van der Waals surface area (Å²) < 4.78 is 1.90. The zero-order valence-corrected chi connectivity index (χ0v) is 35.3. The number of aromatic hydroxyl groups is 1. The maximum atomic E-state index is 14.8. The Labute approximate surface area is 362 Å². The molecule has 3 aromatic carbocycles. The third kappa shape index (κ3) is 9.36. The fourth-order valence-electron chi connectivity index (χ4n) is 9.13. The molecule has 3 fully saturated rings. The number of hydrazine groups is 1. The minimum atomic E-state index is -0.917. The van der Waals surface area contributed by atoms with Crippen LogP contribution in [0, 0.1) is 0 Å². The maximum Gasteiger partial charge on any atom is 0.257 e. The first-order valence-corrected chi connectivity index (χ1v) is 21.6. The fourth-order valence-corrected chi connectivity index (χ4v) is 9.13. The number of piperidine rings is 1. The van der Waals surface area contributed by atoms with Gasteiger partial charge in [0.1, 0.15) is 23.8 Å². The number of para-hydroxylation sites is 1. The van der Waals surface area contributed by atoms with E-state index in [4.69, 9.17) is 0 Å². The van der Waals surface area contributed by atoms with E-state index in [9.17, 15) is 24.3 Å². The van der Waals surface area contributed by atoms with Gasteiger partial charge in [0.05, 0.1) is 36.1 Å². The van der Waals surface area contributed by atoms with E-state index in [-0.39, 0.29) is 68.4 Å². The van der Waals surface area contributed by atoms with Gasteiger partial charge in [0.25, 0.3) is 5.91 Å². The van der Waals surface area contributed by atoms with Crippen molar-refractivity contribution in [1.29, 1.82) is 0 Å². The first-order chi connectivity index (χ1) is 30.2. The second-order valence-electron chi connectivity index (χ2n) is 16.4. The molecule has 0 spiro atoms. The summed E-state index contributed by atoms with van der Waals surface area (Å²) in [6.45, 7) is 8.39. The lowest BCUT2D eigenvalue weighted by molar-refractivity contribution is -0.205. The van der Waals surface area contributed by atoms with Gasteiger partial charge in [-0.25, -0.2) is 15.0 Å². The number of anilines is 2. The largest absolute Gasteiger partial charge is 0.508 e. The van der Waals surface area contributed by atoms with E-state index in [0.29, 0.717) is 17.7 Å². The highest BCUT2D eigenvalue weighted by Gasteiger charge is 2.51. The molecule has 4 amide bonds. The molecular formula is C48H55N9O5. The van der Waals surface area contributed by atoms with Crippen LogP contribution in [0.2, 0.25) is 0 Å². The number of aromatic nitrogens is 2. The number of pyridine rings is 1. The zero-order chi connectivity index (χ0) is 43.2. The van der Waals surface area contributed by atoms with E-state index in [2.05, 4.69) is 27.1 Å². The molecule has 3 saturated heterocycles. The highest BCUT2D eigenvalue weighted by atomic mass is 16.3. The Balaban J connectivity index is 1.04. The maximum absolute atomic E-state index is 14.8. The zero-order valence-electron chi connectivity index (χ0n) is 35.3. The summed E-state index contributed by atoms with van der Waals surface area (Å²) in [5, 5.41) is 20.5. The third-order valence-corrected chi connectivity index (χ3v) is 12.2. The number of phenols is 1. The van der Waals surface area contributed by atoms with Crippen LogP contribution in [0.3, 0.4) is 0 Å². The van der Waals surface area contributed by atoms with Gasteiger partial charge in [-0.1, -0.05) is 73.2 Å². The molecule has 0 aliphatic carbocycles. The van der Waals surface area contributed by atoms with Crippen molar-refractivity contribution in [2.24, 2.45) is 7.05 Å². The first kappa shape index (κ1) is 42.2. The molecule has 3 N–H and O–H groups in total. The lowest BCUT2D eigenvalue weighted by Crippen LogP contribution is -2.75. The number of benzene rings is 3. The molecule has 2 aromatic heterocycles. The number of rotatable bonds is 15. The average molecular weight is 838 g/mol. The third-order valence-electron chi connectivity index (χ3n) is 12.2. The molecule has 322 valence electrons. The van der Waals surface area contributed by atoms with Gasteiger partial charge in [-0.3, -0.25) is 19.2 Å². The van der Waals surface area contributed by atoms with Gasteiger partial charge >= 0.3 is 0 Å². The molecule has 14 heteroatoms. The molecule has 62 heavy (non-hydrogen) atoms. The van der Waals surface area contributed by atoms with Crippen LogP contribution in [0.5, 0.6) is 5.75 Å². The van der Waals surface area contributed by atoms with Crippen LogP contribution in [-0.4, -0.2) is 121 Å². The summed E-state index contributed by atoms with van der Waals surface area (Å²) in [7, 11) is 1.88. The highest BCUT2D eigenvalue weighted by molar-refractivity contribution is 6.13. The molecule has 0 radical (unpaired) electrons. The Hall–Kier alpha value is -6.51. The van der Waals surface area contributed by atoms with E-state index in [0.717, 1.165) is 59.6 Å². The van der Waals surface area contributed by atoms with E-state index < -0.39 is 12.2 Å². The second-order valence-corrected chi connectivity index (χ2v) is 16.4. The molecule has 5 aromatic rings. The van der Waals surface area contributed by atoms with Crippen molar-refractivity contribution in [2.75, 3.05) is 56.4 Å². The Morgan fingerprint density at radius 2 is 1.73 bits per heavy atom. The average Bonchev–Trinajstić information content (AvgIpc) is 3.63. The van der Waals surface area contributed by atoms with Crippen LogP contribution < -0.4 is 10.6 Å². The number of aryl methyl sites for hydroxylation is 2. The normalized spacial score (nSPS) is 18.5.